The van der Waals surface area contributed by atoms with Crippen LogP contribution in [0.4, 0.5) is 0 Å². The summed E-state index contributed by atoms with van der Waals surface area (Å²) in [5.41, 5.74) is 0.997. The van der Waals surface area contributed by atoms with Crippen molar-refractivity contribution in [2.75, 3.05) is 13.2 Å². The third-order valence-corrected chi connectivity index (χ3v) is 5.37. The number of hydrogen-bond donors (Lipinski definition) is 1. The molecule has 2 rings (SSSR count). The van der Waals surface area contributed by atoms with Crippen LogP contribution in [-0.4, -0.2) is 27.5 Å². The fraction of sp³-hybridized carbons (Fsp3) is 0.312. The number of halogens is 1. The molecular weight excluding hydrogens is 445 g/mol. The van der Waals surface area contributed by atoms with Crippen LogP contribution in [0.15, 0.2) is 37.7 Å². The quantitative estimate of drug-likeness (QED) is 0.502. The first-order chi connectivity index (χ1) is 11.3. The van der Waals surface area contributed by atoms with Gasteiger partial charge in [0.1, 0.15) is 5.58 Å². The Kier molecular flexibility index (Phi) is 6.05. The molecule has 0 saturated heterocycles. The van der Waals surface area contributed by atoms with Gasteiger partial charge in [-0.3, -0.25) is 0 Å². The van der Waals surface area contributed by atoms with Gasteiger partial charge in [0.2, 0.25) is 15.8 Å². The van der Waals surface area contributed by atoms with E-state index in [1.54, 1.807) is 13.8 Å². The molecule has 0 aliphatic rings. The molecule has 6 nitrogen and oxygen atoms in total. The minimum atomic E-state index is -3.64. The largest absolute Gasteiger partial charge is 0.460 e. The zero-order valence-electron chi connectivity index (χ0n) is 13.4. The fourth-order valence-corrected chi connectivity index (χ4v) is 3.49. The number of fused-ring (bicyclic) bond motifs is 1. The van der Waals surface area contributed by atoms with Crippen LogP contribution in [-0.2, 0) is 14.8 Å². The number of hydrogen-bond acceptors (Lipinski definition) is 5. The van der Waals surface area contributed by atoms with Gasteiger partial charge >= 0.3 is 5.97 Å². The monoisotopic (exact) mass is 463 g/mol. The highest BCUT2D eigenvalue weighted by molar-refractivity contribution is 14.1. The van der Waals surface area contributed by atoms with Crippen LogP contribution in [0, 0.1) is 6.92 Å². The van der Waals surface area contributed by atoms with E-state index in [9.17, 15) is 13.2 Å². The van der Waals surface area contributed by atoms with Gasteiger partial charge in [0.05, 0.1) is 11.5 Å². The molecule has 0 bridgehead atoms. The first kappa shape index (κ1) is 18.9. The van der Waals surface area contributed by atoms with Gasteiger partial charge in [-0.1, -0.05) is 6.58 Å². The van der Waals surface area contributed by atoms with E-state index in [2.05, 4.69) is 33.9 Å². The standard InChI is InChI=1S/C16H18INO5S/c1-4-22-16(19)15-11(3)13-9-12(5-6-14(13)23-15)24(20,21)18-8-7-10(2)17/h5-6,9,18H,2,4,7-8H2,1,3H3. The summed E-state index contributed by atoms with van der Waals surface area (Å²) in [7, 11) is -3.64. The van der Waals surface area contributed by atoms with Crippen molar-refractivity contribution >= 4 is 49.6 Å². The molecule has 24 heavy (non-hydrogen) atoms. The number of ether oxygens (including phenoxy) is 1. The average molecular weight is 463 g/mol. The molecular formula is C16H18INO5S. The molecule has 0 atom stereocenters. The lowest BCUT2D eigenvalue weighted by Crippen LogP contribution is -2.24. The molecule has 0 fully saturated rings. The van der Waals surface area contributed by atoms with Gasteiger partial charge in [-0.2, -0.15) is 0 Å². The molecule has 0 amide bonds. The molecule has 8 heteroatoms. The summed E-state index contributed by atoms with van der Waals surface area (Å²) in [6.45, 7) is 7.65. The molecule has 0 aliphatic carbocycles. The van der Waals surface area contributed by atoms with E-state index in [1.165, 1.54) is 18.2 Å². The smallest absolute Gasteiger partial charge is 0.374 e. The molecule has 2 aromatic rings. The van der Waals surface area contributed by atoms with Crippen molar-refractivity contribution < 1.29 is 22.4 Å². The molecule has 1 N–H and O–H groups in total. The molecule has 1 heterocycles. The zero-order chi connectivity index (χ0) is 17.9. The summed E-state index contributed by atoms with van der Waals surface area (Å²) < 4.78 is 38.5. The Bertz CT molecular complexity index is 885. The highest BCUT2D eigenvalue weighted by Gasteiger charge is 2.21. The molecule has 0 spiro atoms. The van der Waals surface area contributed by atoms with Crippen LogP contribution in [0.2, 0.25) is 0 Å². The van der Waals surface area contributed by atoms with Crippen molar-refractivity contribution in [3.05, 3.63) is 39.7 Å². The number of carbonyl (C=O) groups is 1. The van der Waals surface area contributed by atoms with Crippen LogP contribution in [0.25, 0.3) is 11.0 Å². The minimum absolute atomic E-state index is 0.0931. The number of nitrogens with one attached hydrogen (secondary N) is 1. The van der Waals surface area contributed by atoms with Crippen LogP contribution >= 0.6 is 22.6 Å². The number of sulfonamides is 1. The number of esters is 1. The summed E-state index contributed by atoms with van der Waals surface area (Å²) in [6, 6.07) is 4.48. The molecule has 0 radical (unpaired) electrons. The van der Waals surface area contributed by atoms with Gasteiger partial charge in [-0.05, 0) is 64.6 Å². The van der Waals surface area contributed by atoms with E-state index < -0.39 is 16.0 Å². The van der Waals surface area contributed by atoms with Crippen molar-refractivity contribution in [1.82, 2.24) is 4.72 Å². The normalized spacial score (nSPS) is 11.6. The van der Waals surface area contributed by atoms with E-state index in [0.717, 1.165) is 3.58 Å². The number of benzene rings is 1. The number of rotatable bonds is 7. The van der Waals surface area contributed by atoms with Gasteiger partial charge in [-0.15, -0.1) is 0 Å². The van der Waals surface area contributed by atoms with Gasteiger partial charge in [-0.25, -0.2) is 17.9 Å². The summed E-state index contributed by atoms with van der Waals surface area (Å²) in [5.74, 6) is -0.468. The van der Waals surface area contributed by atoms with E-state index in [1.807, 2.05) is 0 Å². The van der Waals surface area contributed by atoms with Crippen LogP contribution in [0.5, 0.6) is 0 Å². The Hall–Kier alpha value is -1.39. The maximum atomic E-state index is 12.3. The number of aryl methyl sites for hydroxylation is 1. The molecule has 130 valence electrons. The second-order valence-corrected chi connectivity index (χ2v) is 8.39. The summed E-state index contributed by atoms with van der Waals surface area (Å²) in [6.07, 6.45) is 0.555. The van der Waals surface area contributed by atoms with Crippen molar-refractivity contribution in [2.45, 2.75) is 25.2 Å². The summed E-state index contributed by atoms with van der Waals surface area (Å²) >= 11 is 2.05. The van der Waals surface area contributed by atoms with Crippen molar-refractivity contribution in [1.29, 1.82) is 0 Å². The maximum Gasteiger partial charge on any atom is 0.374 e. The topological polar surface area (TPSA) is 85.6 Å². The molecule has 0 saturated carbocycles. The molecule has 1 aromatic carbocycles. The lowest BCUT2D eigenvalue weighted by Gasteiger charge is -2.06. The van der Waals surface area contributed by atoms with Crippen LogP contribution in [0.1, 0.15) is 29.5 Å². The van der Waals surface area contributed by atoms with Gasteiger partial charge in [0.25, 0.3) is 0 Å². The third-order valence-electron chi connectivity index (χ3n) is 3.37. The average Bonchev–Trinajstić information content (AvgIpc) is 2.84. The van der Waals surface area contributed by atoms with Crippen molar-refractivity contribution in [3.8, 4) is 0 Å². The molecule has 1 aromatic heterocycles. The number of furan rings is 1. The zero-order valence-corrected chi connectivity index (χ0v) is 16.4. The summed E-state index contributed by atoms with van der Waals surface area (Å²) in [5, 5.41) is 0.569. The highest BCUT2D eigenvalue weighted by atomic mass is 127. The lowest BCUT2D eigenvalue weighted by atomic mass is 10.1. The second-order valence-electron chi connectivity index (χ2n) is 5.10. The van der Waals surface area contributed by atoms with Crippen molar-refractivity contribution in [3.63, 3.8) is 0 Å². The SMILES string of the molecule is C=C(I)CCNS(=O)(=O)c1ccc2oc(C(=O)OCC)c(C)c2c1. The third kappa shape index (κ3) is 4.17. The first-order valence-electron chi connectivity index (χ1n) is 7.29. The number of carbonyl (C=O) groups excluding carboxylic acids is 1. The van der Waals surface area contributed by atoms with E-state index >= 15 is 0 Å². The predicted octanol–water partition coefficient (Wildman–Crippen LogP) is 3.54. The van der Waals surface area contributed by atoms with E-state index in [-0.39, 0.29) is 23.8 Å². The minimum Gasteiger partial charge on any atom is -0.460 e. The van der Waals surface area contributed by atoms with Crippen LogP contribution < -0.4 is 4.72 Å². The lowest BCUT2D eigenvalue weighted by molar-refractivity contribution is 0.0491. The van der Waals surface area contributed by atoms with Gasteiger partial charge in [0.15, 0.2) is 0 Å². The Labute approximate surface area is 154 Å². The molecule has 0 unspecified atom stereocenters. The Morgan fingerprint density at radius 1 is 1.42 bits per heavy atom. The van der Waals surface area contributed by atoms with E-state index in [0.29, 0.717) is 23.0 Å². The maximum absolute atomic E-state index is 12.3. The Morgan fingerprint density at radius 3 is 2.75 bits per heavy atom. The highest BCUT2D eigenvalue weighted by Crippen LogP contribution is 2.28. The van der Waals surface area contributed by atoms with Crippen molar-refractivity contribution in [2.24, 2.45) is 0 Å². The Morgan fingerprint density at radius 2 is 2.12 bits per heavy atom. The van der Waals surface area contributed by atoms with E-state index in [4.69, 9.17) is 9.15 Å². The fourth-order valence-electron chi connectivity index (χ4n) is 2.16. The van der Waals surface area contributed by atoms with Gasteiger partial charge in [0, 0.05) is 17.5 Å². The second kappa shape index (κ2) is 7.66. The van der Waals surface area contributed by atoms with Gasteiger partial charge < -0.3 is 9.15 Å². The predicted molar refractivity (Wildman–Crippen MR) is 99.9 cm³/mol. The molecule has 0 aliphatic heterocycles. The van der Waals surface area contributed by atoms with Crippen LogP contribution in [0.3, 0.4) is 0 Å². The Balaban J connectivity index is 2.35. The summed E-state index contributed by atoms with van der Waals surface area (Å²) in [4.78, 5) is 12.0. The first-order valence-corrected chi connectivity index (χ1v) is 9.85.